The molecule has 0 atom stereocenters. The fourth-order valence-corrected chi connectivity index (χ4v) is 3.01. The molecular weight excluding hydrogens is 322 g/mol. The summed E-state index contributed by atoms with van der Waals surface area (Å²) in [5.74, 6) is 1.46. The van der Waals surface area contributed by atoms with Crippen LogP contribution >= 0.6 is 0 Å². The van der Waals surface area contributed by atoms with Crippen molar-refractivity contribution in [2.24, 2.45) is 0 Å². The van der Waals surface area contributed by atoms with E-state index in [1.54, 1.807) is 29.1 Å². The minimum atomic E-state index is -0.0413. The summed E-state index contributed by atoms with van der Waals surface area (Å²) in [4.78, 5) is 14.3. The van der Waals surface area contributed by atoms with Gasteiger partial charge >= 0.3 is 0 Å². The molecule has 1 aliphatic heterocycles. The number of rotatable bonds is 5. The highest BCUT2D eigenvalue weighted by molar-refractivity contribution is 5.42. The van der Waals surface area contributed by atoms with Crippen molar-refractivity contribution in [3.63, 3.8) is 0 Å². The molecule has 25 heavy (non-hydrogen) atoms. The molecule has 130 valence electrons. The lowest BCUT2D eigenvalue weighted by atomic mass is 10.1. The first-order valence-corrected chi connectivity index (χ1v) is 8.41. The third kappa shape index (κ3) is 3.25. The van der Waals surface area contributed by atoms with Crippen molar-refractivity contribution in [2.45, 2.75) is 39.4 Å². The Hall–Kier alpha value is -2.74. The van der Waals surface area contributed by atoms with Crippen molar-refractivity contribution >= 4 is 0 Å². The molecule has 0 bridgehead atoms. The molecule has 0 unspecified atom stereocenters. The van der Waals surface area contributed by atoms with Gasteiger partial charge in [-0.05, 0) is 24.1 Å². The van der Waals surface area contributed by atoms with Crippen LogP contribution in [-0.4, -0.2) is 31.4 Å². The highest BCUT2D eigenvalue weighted by Gasteiger charge is 2.21. The summed E-state index contributed by atoms with van der Waals surface area (Å²) in [6, 6.07) is 5.26. The molecule has 8 heteroatoms. The van der Waals surface area contributed by atoms with Gasteiger partial charge in [-0.3, -0.25) is 9.69 Å². The van der Waals surface area contributed by atoms with E-state index in [1.165, 1.54) is 0 Å². The van der Waals surface area contributed by atoms with Gasteiger partial charge in [0.2, 0.25) is 5.89 Å². The van der Waals surface area contributed by atoms with E-state index in [-0.39, 0.29) is 5.56 Å². The van der Waals surface area contributed by atoms with Crippen LogP contribution in [0.4, 0.5) is 0 Å². The SMILES string of the molecule is CCCn1nc2c(cc1=O)CN(Cc1nnc(-c3ccco3)o1)CC2. The van der Waals surface area contributed by atoms with Crippen LogP contribution in [0.3, 0.4) is 0 Å². The second-order valence-electron chi connectivity index (χ2n) is 6.12. The Morgan fingerprint density at radius 3 is 3.04 bits per heavy atom. The third-order valence-corrected chi connectivity index (χ3v) is 4.22. The number of hydrogen-bond acceptors (Lipinski definition) is 7. The zero-order valence-electron chi connectivity index (χ0n) is 14.0. The number of aromatic nitrogens is 4. The van der Waals surface area contributed by atoms with Crippen LogP contribution in [0.1, 0.15) is 30.5 Å². The molecule has 3 aromatic heterocycles. The first-order valence-electron chi connectivity index (χ1n) is 8.41. The average molecular weight is 341 g/mol. The Morgan fingerprint density at radius 1 is 1.32 bits per heavy atom. The van der Waals surface area contributed by atoms with Crippen molar-refractivity contribution in [1.29, 1.82) is 0 Å². The summed E-state index contributed by atoms with van der Waals surface area (Å²) in [7, 11) is 0. The second-order valence-corrected chi connectivity index (χ2v) is 6.12. The van der Waals surface area contributed by atoms with Gasteiger partial charge in [0.15, 0.2) is 5.76 Å². The number of nitrogens with zero attached hydrogens (tertiary/aromatic N) is 5. The van der Waals surface area contributed by atoms with E-state index in [4.69, 9.17) is 8.83 Å². The van der Waals surface area contributed by atoms with Crippen LogP contribution in [0.15, 0.2) is 38.1 Å². The summed E-state index contributed by atoms with van der Waals surface area (Å²) < 4.78 is 12.5. The van der Waals surface area contributed by atoms with Gasteiger partial charge in [0.05, 0.1) is 18.5 Å². The standard InChI is InChI=1S/C17H19N5O3/c1-2-6-22-16(23)9-12-10-21(7-5-13(12)20-22)11-15-18-19-17(25-15)14-4-3-8-24-14/h3-4,8-9H,2,5-7,10-11H2,1H3. The molecule has 0 spiro atoms. The molecule has 1 aliphatic rings. The summed E-state index contributed by atoms with van der Waals surface area (Å²) in [5, 5.41) is 12.6. The van der Waals surface area contributed by atoms with Gasteiger partial charge in [-0.1, -0.05) is 6.92 Å². The first kappa shape index (κ1) is 15.8. The molecule has 0 saturated heterocycles. The summed E-state index contributed by atoms with van der Waals surface area (Å²) in [5.41, 5.74) is 1.95. The molecule has 0 aromatic carbocycles. The Kier molecular flexibility index (Phi) is 4.19. The van der Waals surface area contributed by atoms with Crippen LogP contribution in [0, 0.1) is 0 Å². The maximum atomic E-state index is 12.1. The Balaban J connectivity index is 1.48. The lowest BCUT2D eigenvalue weighted by Crippen LogP contribution is -2.34. The van der Waals surface area contributed by atoms with Gasteiger partial charge in [0.1, 0.15) is 0 Å². The van der Waals surface area contributed by atoms with E-state index in [2.05, 4.69) is 20.2 Å². The fourth-order valence-electron chi connectivity index (χ4n) is 3.01. The van der Waals surface area contributed by atoms with Gasteiger partial charge in [-0.2, -0.15) is 5.10 Å². The molecule has 0 aliphatic carbocycles. The fraction of sp³-hybridized carbons (Fsp3) is 0.412. The van der Waals surface area contributed by atoms with Gasteiger partial charge in [-0.15, -0.1) is 10.2 Å². The minimum absolute atomic E-state index is 0.0413. The monoisotopic (exact) mass is 341 g/mol. The Labute approximate surface area is 144 Å². The Bertz CT molecular complexity index is 913. The summed E-state index contributed by atoms with van der Waals surface area (Å²) in [6.45, 7) is 4.72. The largest absolute Gasteiger partial charge is 0.459 e. The topological polar surface area (TPSA) is 90.2 Å². The normalized spacial score (nSPS) is 14.6. The summed E-state index contributed by atoms with van der Waals surface area (Å²) >= 11 is 0. The van der Waals surface area contributed by atoms with E-state index in [0.717, 1.165) is 30.6 Å². The highest BCUT2D eigenvalue weighted by Crippen LogP contribution is 2.21. The molecule has 0 amide bonds. The summed E-state index contributed by atoms with van der Waals surface area (Å²) in [6.07, 6.45) is 3.27. The lowest BCUT2D eigenvalue weighted by Gasteiger charge is -2.26. The maximum Gasteiger partial charge on any atom is 0.283 e. The molecule has 8 nitrogen and oxygen atoms in total. The van der Waals surface area contributed by atoms with Crippen molar-refractivity contribution in [2.75, 3.05) is 6.54 Å². The van der Waals surface area contributed by atoms with Crippen molar-refractivity contribution in [3.05, 3.63) is 52.0 Å². The molecule has 0 saturated carbocycles. The maximum absolute atomic E-state index is 12.1. The zero-order chi connectivity index (χ0) is 17.2. The molecule has 0 N–H and O–H groups in total. The first-order chi connectivity index (χ1) is 12.2. The molecule has 0 radical (unpaired) electrons. The zero-order valence-corrected chi connectivity index (χ0v) is 14.0. The second kappa shape index (κ2) is 6.64. The van der Waals surface area contributed by atoms with E-state index in [1.807, 2.05) is 6.92 Å². The van der Waals surface area contributed by atoms with Crippen molar-refractivity contribution < 1.29 is 8.83 Å². The predicted molar refractivity (Wildman–Crippen MR) is 88.6 cm³/mol. The third-order valence-electron chi connectivity index (χ3n) is 4.22. The van der Waals surface area contributed by atoms with Crippen LogP contribution < -0.4 is 5.56 Å². The minimum Gasteiger partial charge on any atom is -0.459 e. The van der Waals surface area contributed by atoms with Crippen LogP contribution in [-0.2, 0) is 26.1 Å². The van der Waals surface area contributed by atoms with Crippen LogP contribution in [0.5, 0.6) is 0 Å². The van der Waals surface area contributed by atoms with E-state index in [0.29, 0.717) is 37.2 Å². The Morgan fingerprint density at radius 2 is 2.24 bits per heavy atom. The molecule has 4 rings (SSSR count). The van der Waals surface area contributed by atoms with Gasteiger partial charge in [-0.25, -0.2) is 4.68 Å². The van der Waals surface area contributed by atoms with Crippen molar-refractivity contribution in [1.82, 2.24) is 24.9 Å². The molecule has 3 aromatic rings. The molecule has 0 fully saturated rings. The van der Waals surface area contributed by atoms with E-state index in [9.17, 15) is 4.79 Å². The van der Waals surface area contributed by atoms with E-state index < -0.39 is 0 Å². The average Bonchev–Trinajstić information content (AvgIpc) is 3.27. The molecule has 4 heterocycles. The van der Waals surface area contributed by atoms with Gasteiger partial charge in [0, 0.05) is 32.1 Å². The quantitative estimate of drug-likeness (QED) is 0.699. The predicted octanol–water partition coefficient (Wildman–Crippen LogP) is 1.85. The highest BCUT2D eigenvalue weighted by atomic mass is 16.4. The van der Waals surface area contributed by atoms with Crippen LogP contribution in [0.25, 0.3) is 11.7 Å². The number of fused-ring (bicyclic) bond motifs is 1. The van der Waals surface area contributed by atoms with Gasteiger partial charge < -0.3 is 8.83 Å². The lowest BCUT2D eigenvalue weighted by molar-refractivity contribution is 0.218. The van der Waals surface area contributed by atoms with E-state index >= 15 is 0 Å². The molecular formula is C17H19N5O3. The number of furan rings is 1. The van der Waals surface area contributed by atoms with Gasteiger partial charge in [0.25, 0.3) is 11.4 Å². The number of aryl methyl sites for hydroxylation is 1. The van der Waals surface area contributed by atoms with Crippen molar-refractivity contribution in [3.8, 4) is 11.7 Å². The number of hydrogen-bond donors (Lipinski definition) is 0. The smallest absolute Gasteiger partial charge is 0.283 e. The van der Waals surface area contributed by atoms with Crippen LogP contribution in [0.2, 0.25) is 0 Å².